The fraction of sp³-hybridized carbons (Fsp3) is 0.714. The molecule has 1 amide bonds. The van der Waals surface area contributed by atoms with Gasteiger partial charge < -0.3 is 20.5 Å². The molecule has 6 heteroatoms. The largest absolute Gasteiger partial charge is 0.469 e. The van der Waals surface area contributed by atoms with Gasteiger partial charge in [0.1, 0.15) is 0 Å². The molecule has 34 heavy (non-hydrogen) atoms. The zero-order valence-electron chi connectivity index (χ0n) is 21.5. The van der Waals surface area contributed by atoms with E-state index in [9.17, 15) is 9.59 Å². The van der Waals surface area contributed by atoms with E-state index in [0.29, 0.717) is 11.5 Å². The fourth-order valence-corrected chi connectivity index (χ4v) is 6.58. The third kappa shape index (κ3) is 5.65. The minimum atomic E-state index is -0.397. The van der Waals surface area contributed by atoms with Gasteiger partial charge in [-0.05, 0) is 61.4 Å². The SMILES string of the molecule is CCC1(CC)c2cc(C(N)=O)ccc2C[C@@H](OC)[C@@H]1NCC[C@@H](CC1CCCCC1)C(=O)OC. The number of methoxy groups -OCH3 is 2. The van der Waals surface area contributed by atoms with Crippen molar-refractivity contribution in [2.24, 2.45) is 17.6 Å². The summed E-state index contributed by atoms with van der Waals surface area (Å²) in [6.45, 7) is 5.14. The van der Waals surface area contributed by atoms with Crippen LogP contribution in [0.2, 0.25) is 0 Å². The molecular weight excluding hydrogens is 428 g/mol. The number of esters is 1. The van der Waals surface area contributed by atoms with Gasteiger partial charge >= 0.3 is 5.97 Å². The molecule has 1 aromatic carbocycles. The summed E-state index contributed by atoms with van der Waals surface area (Å²) in [5.74, 6) is 0.0687. The van der Waals surface area contributed by atoms with Gasteiger partial charge in [-0.3, -0.25) is 9.59 Å². The second kappa shape index (κ2) is 12.2. The van der Waals surface area contributed by atoms with Gasteiger partial charge in [0.15, 0.2) is 0 Å². The molecular formula is C28H44N2O4. The molecule has 6 nitrogen and oxygen atoms in total. The summed E-state index contributed by atoms with van der Waals surface area (Å²) in [7, 11) is 3.27. The number of carbonyl (C=O) groups excluding carboxylic acids is 2. The number of primary amides is 1. The molecule has 1 aromatic rings. The number of hydrogen-bond acceptors (Lipinski definition) is 5. The highest BCUT2D eigenvalue weighted by Crippen LogP contribution is 2.44. The van der Waals surface area contributed by atoms with Gasteiger partial charge in [-0.1, -0.05) is 52.0 Å². The first kappa shape index (κ1) is 26.7. The van der Waals surface area contributed by atoms with Crippen LogP contribution in [-0.4, -0.2) is 44.8 Å². The van der Waals surface area contributed by atoms with Gasteiger partial charge in [0, 0.05) is 30.6 Å². The quantitative estimate of drug-likeness (QED) is 0.462. The zero-order valence-corrected chi connectivity index (χ0v) is 21.5. The number of ether oxygens (including phenoxy) is 2. The maximum atomic E-state index is 12.6. The zero-order chi connectivity index (χ0) is 24.7. The fourth-order valence-electron chi connectivity index (χ4n) is 6.58. The lowest BCUT2D eigenvalue weighted by Gasteiger charge is -2.49. The third-order valence-electron chi connectivity index (χ3n) is 8.62. The number of nitrogens with two attached hydrogens (primary N) is 1. The number of amides is 1. The predicted octanol–water partition coefficient (Wildman–Crippen LogP) is 4.52. The van der Waals surface area contributed by atoms with Crippen molar-refractivity contribution in [1.82, 2.24) is 5.32 Å². The Morgan fingerprint density at radius 2 is 1.85 bits per heavy atom. The minimum absolute atomic E-state index is 0.0155. The highest BCUT2D eigenvalue weighted by molar-refractivity contribution is 5.93. The average Bonchev–Trinajstić information content (AvgIpc) is 2.87. The lowest BCUT2D eigenvalue weighted by molar-refractivity contribution is -0.146. The maximum Gasteiger partial charge on any atom is 0.308 e. The minimum Gasteiger partial charge on any atom is -0.469 e. The van der Waals surface area contributed by atoms with Crippen molar-refractivity contribution < 1.29 is 19.1 Å². The molecule has 0 aromatic heterocycles. The van der Waals surface area contributed by atoms with Crippen LogP contribution in [0.3, 0.4) is 0 Å². The van der Waals surface area contributed by atoms with Crippen LogP contribution in [0.15, 0.2) is 18.2 Å². The molecule has 2 aliphatic carbocycles. The van der Waals surface area contributed by atoms with Gasteiger partial charge in [0.2, 0.25) is 5.91 Å². The number of carbonyl (C=O) groups is 2. The number of nitrogens with one attached hydrogen (secondary N) is 1. The van der Waals surface area contributed by atoms with E-state index >= 15 is 0 Å². The van der Waals surface area contributed by atoms with E-state index < -0.39 is 5.91 Å². The summed E-state index contributed by atoms with van der Waals surface area (Å²) in [5, 5.41) is 3.80. The normalized spacial score (nSPS) is 23.2. The summed E-state index contributed by atoms with van der Waals surface area (Å²) in [4.78, 5) is 24.5. The number of hydrogen-bond donors (Lipinski definition) is 2. The van der Waals surface area contributed by atoms with Crippen molar-refractivity contribution >= 4 is 11.9 Å². The monoisotopic (exact) mass is 472 g/mol. The van der Waals surface area contributed by atoms with Crippen molar-refractivity contribution in [3.05, 3.63) is 34.9 Å². The lowest BCUT2D eigenvalue weighted by atomic mass is 9.62. The Morgan fingerprint density at radius 3 is 2.44 bits per heavy atom. The number of benzene rings is 1. The first-order valence-electron chi connectivity index (χ1n) is 13.2. The molecule has 0 radical (unpaired) electrons. The van der Waals surface area contributed by atoms with Gasteiger partial charge in [0.05, 0.1) is 19.1 Å². The van der Waals surface area contributed by atoms with Crippen LogP contribution in [0.5, 0.6) is 0 Å². The van der Waals surface area contributed by atoms with E-state index in [1.165, 1.54) is 50.3 Å². The maximum absolute atomic E-state index is 12.6. The van der Waals surface area contributed by atoms with Crippen molar-refractivity contribution in [1.29, 1.82) is 0 Å². The molecule has 1 saturated carbocycles. The van der Waals surface area contributed by atoms with Crippen molar-refractivity contribution in [2.45, 2.75) is 95.6 Å². The Morgan fingerprint density at radius 1 is 1.15 bits per heavy atom. The van der Waals surface area contributed by atoms with Gasteiger partial charge in [-0.25, -0.2) is 0 Å². The molecule has 3 atom stereocenters. The molecule has 0 heterocycles. The topological polar surface area (TPSA) is 90.7 Å². The molecule has 3 N–H and O–H groups in total. The van der Waals surface area contributed by atoms with E-state index in [0.717, 1.165) is 38.6 Å². The predicted molar refractivity (Wildman–Crippen MR) is 135 cm³/mol. The highest BCUT2D eigenvalue weighted by Gasteiger charge is 2.46. The molecule has 0 aliphatic heterocycles. The molecule has 0 bridgehead atoms. The van der Waals surface area contributed by atoms with Crippen LogP contribution in [0, 0.1) is 11.8 Å². The molecule has 0 unspecified atom stereocenters. The summed E-state index contributed by atoms with van der Waals surface area (Å²) in [6.07, 6.45) is 10.6. The molecule has 2 aliphatic rings. The molecule has 3 rings (SSSR count). The first-order valence-corrected chi connectivity index (χ1v) is 13.2. The van der Waals surface area contributed by atoms with Crippen molar-refractivity contribution in [2.75, 3.05) is 20.8 Å². The Hall–Kier alpha value is -1.92. The molecule has 0 spiro atoms. The van der Waals surface area contributed by atoms with Gasteiger partial charge in [0.25, 0.3) is 0 Å². The van der Waals surface area contributed by atoms with Crippen LogP contribution in [0.1, 0.15) is 93.1 Å². The van der Waals surface area contributed by atoms with Crippen LogP contribution >= 0.6 is 0 Å². The Labute approximate surface area is 205 Å². The standard InChI is InChI=1S/C28H44N2O4/c1-5-28(6-2)23-17-21(26(29)31)13-12-20(23)18-24(33-3)25(28)30-15-14-22(27(32)34-4)16-19-10-8-7-9-11-19/h12-13,17,19,22,24-25,30H,5-11,14-16,18H2,1-4H3,(H2,29,31)/t22-,24+,25-/m0/s1. The Balaban J connectivity index is 1.79. The van der Waals surface area contributed by atoms with E-state index in [2.05, 4.69) is 19.2 Å². The Bertz CT molecular complexity index is 830. The smallest absolute Gasteiger partial charge is 0.308 e. The van der Waals surface area contributed by atoms with Crippen LogP contribution in [-0.2, 0) is 26.1 Å². The van der Waals surface area contributed by atoms with E-state index in [4.69, 9.17) is 15.2 Å². The van der Waals surface area contributed by atoms with Crippen LogP contribution < -0.4 is 11.1 Å². The summed E-state index contributed by atoms with van der Waals surface area (Å²) < 4.78 is 11.2. The van der Waals surface area contributed by atoms with Crippen molar-refractivity contribution in [3.63, 3.8) is 0 Å². The second-order valence-electron chi connectivity index (χ2n) is 10.3. The third-order valence-corrected chi connectivity index (χ3v) is 8.62. The van der Waals surface area contributed by atoms with Crippen molar-refractivity contribution in [3.8, 4) is 0 Å². The van der Waals surface area contributed by atoms with E-state index in [1.807, 2.05) is 18.2 Å². The number of fused-ring (bicyclic) bond motifs is 1. The van der Waals surface area contributed by atoms with Crippen LogP contribution in [0.25, 0.3) is 0 Å². The van der Waals surface area contributed by atoms with Gasteiger partial charge in [-0.2, -0.15) is 0 Å². The molecule has 1 fully saturated rings. The molecule has 0 saturated heterocycles. The van der Waals surface area contributed by atoms with Gasteiger partial charge in [-0.15, -0.1) is 0 Å². The lowest BCUT2D eigenvalue weighted by Crippen LogP contribution is -2.59. The average molecular weight is 473 g/mol. The first-order chi connectivity index (χ1) is 16.4. The summed E-state index contributed by atoms with van der Waals surface area (Å²) >= 11 is 0. The Kier molecular flexibility index (Phi) is 9.55. The van der Waals surface area contributed by atoms with Crippen LogP contribution in [0.4, 0.5) is 0 Å². The summed E-state index contributed by atoms with van der Waals surface area (Å²) in [6, 6.07) is 5.93. The number of rotatable bonds is 11. The van der Waals surface area contributed by atoms with E-state index in [1.54, 1.807) is 7.11 Å². The second-order valence-corrected chi connectivity index (χ2v) is 10.3. The highest BCUT2D eigenvalue weighted by atomic mass is 16.5. The van der Waals surface area contributed by atoms with E-state index in [-0.39, 0.29) is 29.4 Å². The molecule has 190 valence electrons. The summed E-state index contributed by atoms with van der Waals surface area (Å²) in [5.41, 5.74) is 8.42.